The number of rotatable bonds is 2. The summed E-state index contributed by atoms with van der Waals surface area (Å²) in [6.07, 6.45) is 1.05. The number of carbonyl (C=O) groups excluding carboxylic acids is 1. The summed E-state index contributed by atoms with van der Waals surface area (Å²) in [5.41, 5.74) is 1.32. The molecule has 0 aromatic heterocycles. The van der Waals surface area contributed by atoms with E-state index in [4.69, 9.17) is 11.6 Å². The van der Waals surface area contributed by atoms with E-state index >= 15 is 0 Å². The number of hydrogen-bond donors (Lipinski definition) is 0. The van der Waals surface area contributed by atoms with Crippen LogP contribution in [-0.4, -0.2) is 29.8 Å². The standard InChI is InChI=1S/C12H14ClNO/c13-8-12(15)14-7-6-11(9-14)10-4-2-1-3-5-10/h1-5,11H,6-9H2. The van der Waals surface area contributed by atoms with E-state index < -0.39 is 0 Å². The molecule has 1 unspecified atom stereocenters. The van der Waals surface area contributed by atoms with Crippen molar-refractivity contribution < 1.29 is 4.79 Å². The molecule has 1 saturated heterocycles. The molecule has 1 amide bonds. The number of likely N-dealkylation sites (tertiary alicyclic amines) is 1. The van der Waals surface area contributed by atoms with E-state index in [9.17, 15) is 4.79 Å². The van der Waals surface area contributed by atoms with Crippen molar-refractivity contribution in [2.45, 2.75) is 12.3 Å². The maximum absolute atomic E-state index is 11.4. The molecule has 0 aliphatic carbocycles. The molecule has 1 aliphatic heterocycles. The summed E-state index contributed by atoms with van der Waals surface area (Å²) in [5, 5.41) is 0. The normalized spacial score (nSPS) is 20.6. The third kappa shape index (κ3) is 2.32. The minimum atomic E-state index is 0.0510. The van der Waals surface area contributed by atoms with Crippen LogP contribution in [0.15, 0.2) is 30.3 Å². The van der Waals surface area contributed by atoms with E-state index in [1.54, 1.807) is 0 Å². The molecule has 0 bridgehead atoms. The Bertz CT molecular complexity index is 339. The minimum Gasteiger partial charge on any atom is -0.341 e. The van der Waals surface area contributed by atoms with Crippen molar-refractivity contribution in [3.63, 3.8) is 0 Å². The Labute approximate surface area is 94.8 Å². The van der Waals surface area contributed by atoms with Gasteiger partial charge in [-0.25, -0.2) is 0 Å². The smallest absolute Gasteiger partial charge is 0.237 e. The predicted molar refractivity (Wildman–Crippen MR) is 61.1 cm³/mol. The monoisotopic (exact) mass is 223 g/mol. The highest BCUT2D eigenvalue weighted by Crippen LogP contribution is 2.26. The fourth-order valence-corrected chi connectivity index (χ4v) is 2.24. The van der Waals surface area contributed by atoms with Crippen molar-refractivity contribution in [3.8, 4) is 0 Å². The molecule has 1 aromatic rings. The lowest BCUT2D eigenvalue weighted by atomic mass is 9.99. The van der Waals surface area contributed by atoms with Gasteiger partial charge < -0.3 is 4.90 Å². The Hall–Kier alpha value is -1.02. The second-order valence-electron chi connectivity index (χ2n) is 3.87. The van der Waals surface area contributed by atoms with Gasteiger partial charge >= 0.3 is 0 Å². The molecule has 0 radical (unpaired) electrons. The molecule has 3 heteroatoms. The summed E-state index contributed by atoms with van der Waals surface area (Å²) in [6.45, 7) is 1.65. The fourth-order valence-electron chi connectivity index (χ4n) is 2.07. The molecule has 1 fully saturated rings. The lowest BCUT2D eigenvalue weighted by Crippen LogP contribution is -2.29. The molecule has 1 aromatic carbocycles. The van der Waals surface area contributed by atoms with Crippen molar-refractivity contribution in [3.05, 3.63) is 35.9 Å². The number of amides is 1. The lowest BCUT2D eigenvalue weighted by Gasteiger charge is -2.14. The van der Waals surface area contributed by atoms with Gasteiger partial charge in [0.2, 0.25) is 5.91 Å². The van der Waals surface area contributed by atoms with Gasteiger partial charge in [-0.05, 0) is 12.0 Å². The lowest BCUT2D eigenvalue weighted by molar-refractivity contribution is -0.127. The first-order chi connectivity index (χ1) is 7.31. The van der Waals surface area contributed by atoms with Gasteiger partial charge in [0.1, 0.15) is 5.88 Å². The van der Waals surface area contributed by atoms with E-state index in [1.807, 2.05) is 23.1 Å². The summed E-state index contributed by atoms with van der Waals surface area (Å²) in [5.74, 6) is 0.634. The zero-order valence-corrected chi connectivity index (χ0v) is 9.28. The number of hydrogen-bond acceptors (Lipinski definition) is 1. The van der Waals surface area contributed by atoms with Crippen LogP contribution in [0.25, 0.3) is 0 Å². The summed E-state index contributed by atoms with van der Waals surface area (Å²) >= 11 is 5.53. The summed E-state index contributed by atoms with van der Waals surface area (Å²) in [6, 6.07) is 10.3. The highest BCUT2D eigenvalue weighted by atomic mass is 35.5. The molecule has 0 saturated carbocycles. The van der Waals surface area contributed by atoms with Gasteiger partial charge in [0.05, 0.1) is 0 Å². The maximum Gasteiger partial charge on any atom is 0.237 e. The molecule has 0 N–H and O–H groups in total. The average molecular weight is 224 g/mol. The van der Waals surface area contributed by atoms with Crippen molar-refractivity contribution in [1.29, 1.82) is 0 Å². The largest absolute Gasteiger partial charge is 0.341 e. The Kier molecular flexibility index (Phi) is 3.27. The van der Waals surface area contributed by atoms with Crippen LogP contribution in [0, 0.1) is 0 Å². The topological polar surface area (TPSA) is 20.3 Å². The van der Waals surface area contributed by atoms with Crippen LogP contribution in [0.4, 0.5) is 0 Å². The number of alkyl halides is 1. The van der Waals surface area contributed by atoms with Crippen molar-refractivity contribution in [1.82, 2.24) is 4.90 Å². The Morgan fingerprint density at radius 3 is 2.80 bits per heavy atom. The molecule has 2 rings (SSSR count). The highest BCUT2D eigenvalue weighted by Gasteiger charge is 2.26. The van der Waals surface area contributed by atoms with Crippen molar-refractivity contribution >= 4 is 17.5 Å². The van der Waals surface area contributed by atoms with Gasteiger partial charge in [0.25, 0.3) is 0 Å². The summed E-state index contributed by atoms with van der Waals surface area (Å²) in [4.78, 5) is 13.2. The summed E-state index contributed by atoms with van der Waals surface area (Å²) < 4.78 is 0. The van der Waals surface area contributed by atoms with Crippen LogP contribution < -0.4 is 0 Å². The molecule has 1 aliphatic rings. The van der Waals surface area contributed by atoms with E-state index in [2.05, 4.69) is 12.1 Å². The van der Waals surface area contributed by atoms with E-state index in [-0.39, 0.29) is 11.8 Å². The minimum absolute atomic E-state index is 0.0510. The quantitative estimate of drug-likeness (QED) is 0.705. The zero-order chi connectivity index (χ0) is 10.7. The molecule has 1 atom stereocenters. The number of nitrogens with zero attached hydrogens (tertiary/aromatic N) is 1. The summed E-state index contributed by atoms with van der Waals surface area (Å²) in [7, 11) is 0. The fraction of sp³-hybridized carbons (Fsp3) is 0.417. The van der Waals surface area contributed by atoms with Gasteiger partial charge in [0, 0.05) is 19.0 Å². The van der Waals surface area contributed by atoms with E-state index in [1.165, 1.54) is 5.56 Å². The first-order valence-corrected chi connectivity index (χ1v) is 5.73. The van der Waals surface area contributed by atoms with Gasteiger partial charge in [-0.1, -0.05) is 30.3 Å². The number of halogens is 1. The van der Waals surface area contributed by atoms with E-state index in [0.29, 0.717) is 5.92 Å². The van der Waals surface area contributed by atoms with Gasteiger partial charge in [-0.3, -0.25) is 4.79 Å². The highest BCUT2D eigenvalue weighted by molar-refractivity contribution is 6.27. The van der Waals surface area contributed by atoms with Crippen LogP contribution in [0.1, 0.15) is 17.9 Å². The van der Waals surface area contributed by atoms with Crippen LogP contribution in [0.2, 0.25) is 0 Å². The van der Waals surface area contributed by atoms with Crippen molar-refractivity contribution in [2.24, 2.45) is 0 Å². The molecule has 0 spiro atoms. The van der Waals surface area contributed by atoms with Crippen LogP contribution in [0.5, 0.6) is 0 Å². The van der Waals surface area contributed by atoms with Gasteiger partial charge in [0.15, 0.2) is 0 Å². The average Bonchev–Trinajstić information content (AvgIpc) is 2.78. The molecule has 80 valence electrons. The number of benzene rings is 1. The first kappa shape index (κ1) is 10.5. The van der Waals surface area contributed by atoms with Crippen LogP contribution in [-0.2, 0) is 4.79 Å². The molecule has 15 heavy (non-hydrogen) atoms. The SMILES string of the molecule is O=C(CCl)N1CCC(c2ccccc2)C1. The second kappa shape index (κ2) is 4.67. The Balaban J connectivity index is 2.02. The maximum atomic E-state index is 11.4. The molecular weight excluding hydrogens is 210 g/mol. The van der Waals surface area contributed by atoms with E-state index in [0.717, 1.165) is 19.5 Å². The van der Waals surface area contributed by atoms with Gasteiger partial charge in [-0.15, -0.1) is 11.6 Å². The predicted octanol–water partition coefficient (Wildman–Crippen LogP) is 2.24. The molecule has 2 nitrogen and oxygen atoms in total. The Morgan fingerprint density at radius 1 is 1.40 bits per heavy atom. The Morgan fingerprint density at radius 2 is 2.13 bits per heavy atom. The van der Waals surface area contributed by atoms with Gasteiger partial charge in [-0.2, -0.15) is 0 Å². The third-order valence-electron chi connectivity index (χ3n) is 2.93. The third-order valence-corrected chi connectivity index (χ3v) is 3.15. The zero-order valence-electron chi connectivity index (χ0n) is 8.53. The second-order valence-corrected chi connectivity index (χ2v) is 4.14. The van der Waals surface area contributed by atoms with Crippen LogP contribution in [0.3, 0.4) is 0 Å². The van der Waals surface area contributed by atoms with Crippen molar-refractivity contribution in [2.75, 3.05) is 19.0 Å². The molecule has 1 heterocycles. The first-order valence-electron chi connectivity index (χ1n) is 5.20. The molecular formula is C12H14ClNO. The number of carbonyl (C=O) groups is 1. The van der Waals surface area contributed by atoms with Crippen LogP contribution >= 0.6 is 11.6 Å².